The van der Waals surface area contributed by atoms with Crippen LogP contribution in [0.25, 0.3) is 0 Å². The van der Waals surface area contributed by atoms with Crippen LogP contribution in [0.15, 0.2) is 24.3 Å². The van der Waals surface area contributed by atoms with Crippen molar-refractivity contribution in [2.45, 2.75) is 18.9 Å². The Balaban J connectivity index is 1.97. The molecule has 88 valence electrons. The molecule has 0 amide bonds. The van der Waals surface area contributed by atoms with E-state index in [1.54, 1.807) is 0 Å². The highest BCUT2D eigenvalue weighted by molar-refractivity contribution is 6.30. The number of hydrogen-bond acceptors (Lipinski definition) is 3. The molecule has 1 heterocycles. The van der Waals surface area contributed by atoms with Crippen LogP contribution >= 0.6 is 11.6 Å². The van der Waals surface area contributed by atoms with Crippen LogP contribution in [0.4, 0.5) is 0 Å². The number of rotatable bonds is 4. The summed E-state index contributed by atoms with van der Waals surface area (Å²) >= 11 is 5.85. The van der Waals surface area contributed by atoms with Crippen molar-refractivity contribution in [1.82, 2.24) is 5.43 Å². The summed E-state index contributed by atoms with van der Waals surface area (Å²) in [5.41, 5.74) is 4.14. The van der Waals surface area contributed by atoms with Crippen LogP contribution in [0.1, 0.15) is 12.0 Å². The summed E-state index contributed by atoms with van der Waals surface area (Å²) in [6, 6.07) is 8.19. The first kappa shape index (κ1) is 11.9. The predicted molar refractivity (Wildman–Crippen MR) is 65.2 cm³/mol. The third-order valence-electron chi connectivity index (χ3n) is 3.12. The Kier molecular flexibility index (Phi) is 4.18. The van der Waals surface area contributed by atoms with E-state index in [1.165, 1.54) is 5.56 Å². The van der Waals surface area contributed by atoms with Crippen molar-refractivity contribution >= 4 is 11.6 Å². The molecule has 2 rings (SSSR count). The Hall–Kier alpha value is -0.610. The van der Waals surface area contributed by atoms with Gasteiger partial charge in [-0.05, 0) is 30.5 Å². The number of nitrogens with two attached hydrogens (primary N) is 1. The fourth-order valence-electron chi connectivity index (χ4n) is 2.11. The molecule has 4 heteroatoms. The van der Waals surface area contributed by atoms with Gasteiger partial charge in [-0.25, -0.2) is 0 Å². The van der Waals surface area contributed by atoms with Gasteiger partial charge in [0.1, 0.15) is 0 Å². The maximum absolute atomic E-state index is 5.85. The van der Waals surface area contributed by atoms with E-state index in [0.29, 0.717) is 5.92 Å². The van der Waals surface area contributed by atoms with Crippen molar-refractivity contribution in [2.24, 2.45) is 11.8 Å². The maximum Gasteiger partial charge on any atom is 0.0510 e. The minimum absolute atomic E-state index is 0.281. The van der Waals surface area contributed by atoms with E-state index in [4.69, 9.17) is 22.2 Å². The molecule has 0 aliphatic carbocycles. The van der Waals surface area contributed by atoms with E-state index in [9.17, 15) is 0 Å². The Labute approximate surface area is 101 Å². The summed E-state index contributed by atoms with van der Waals surface area (Å²) in [5, 5.41) is 0.769. The van der Waals surface area contributed by atoms with Gasteiger partial charge in [0.05, 0.1) is 6.61 Å². The van der Waals surface area contributed by atoms with Gasteiger partial charge in [0.15, 0.2) is 0 Å². The van der Waals surface area contributed by atoms with Gasteiger partial charge in [0.2, 0.25) is 0 Å². The highest BCUT2D eigenvalue weighted by Gasteiger charge is 2.24. The quantitative estimate of drug-likeness (QED) is 0.623. The topological polar surface area (TPSA) is 47.3 Å². The third kappa shape index (κ3) is 2.95. The smallest absolute Gasteiger partial charge is 0.0510 e. The van der Waals surface area contributed by atoms with Crippen LogP contribution in [-0.2, 0) is 11.2 Å². The lowest BCUT2D eigenvalue weighted by molar-refractivity contribution is 0.176. The second kappa shape index (κ2) is 5.64. The van der Waals surface area contributed by atoms with Gasteiger partial charge in [-0.15, -0.1) is 0 Å². The molecule has 2 unspecified atom stereocenters. The molecular formula is C12H17ClN2O. The molecule has 0 aromatic heterocycles. The van der Waals surface area contributed by atoms with Crippen molar-refractivity contribution in [3.05, 3.63) is 34.9 Å². The van der Waals surface area contributed by atoms with Crippen LogP contribution in [0.5, 0.6) is 0 Å². The number of ether oxygens (including phenoxy) is 1. The fraction of sp³-hybridized carbons (Fsp3) is 0.500. The summed E-state index contributed by atoms with van der Waals surface area (Å²) in [4.78, 5) is 0. The Morgan fingerprint density at radius 1 is 1.44 bits per heavy atom. The molecule has 0 spiro atoms. The zero-order chi connectivity index (χ0) is 11.4. The zero-order valence-electron chi connectivity index (χ0n) is 9.16. The molecule has 0 saturated carbocycles. The van der Waals surface area contributed by atoms with Gasteiger partial charge < -0.3 is 4.74 Å². The maximum atomic E-state index is 5.85. The summed E-state index contributed by atoms with van der Waals surface area (Å²) in [5.74, 6) is 6.11. The van der Waals surface area contributed by atoms with Crippen molar-refractivity contribution in [1.29, 1.82) is 0 Å². The molecule has 0 bridgehead atoms. The van der Waals surface area contributed by atoms with Crippen molar-refractivity contribution in [3.8, 4) is 0 Å². The molecule has 1 saturated heterocycles. The van der Waals surface area contributed by atoms with Gasteiger partial charge in [-0.1, -0.05) is 23.7 Å². The van der Waals surface area contributed by atoms with Crippen LogP contribution in [0.3, 0.4) is 0 Å². The van der Waals surface area contributed by atoms with Gasteiger partial charge in [0.25, 0.3) is 0 Å². The highest BCUT2D eigenvalue weighted by atomic mass is 35.5. The van der Waals surface area contributed by atoms with E-state index in [2.05, 4.69) is 5.43 Å². The second-order valence-corrected chi connectivity index (χ2v) is 4.66. The molecular weight excluding hydrogens is 224 g/mol. The molecule has 2 atom stereocenters. The molecule has 1 aliphatic rings. The molecule has 16 heavy (non-hydrogen) atoms. The van der Waals surface area contributed by atoms with Gasteiger partial charge in [-0.3, -0.25) is 11.3 Å². The monoisotopic (exact) mass is 240 g/mol. The molecule has 3 nitrogen and oxygen atoms in total. The van der Waals surface area contributed by atoms with Gasteiger partial charge in [-0.2, -0.15) is 0 Å². The predicted octanol–water partition coefficient (Wildman–Crippen LogP) is 1.75. The van der Waals surface area contributed by atoms with Gasteiger partial charge in [0, 0.05) is 23.6 Å². The van der Waals surface area contributed by atoms with E-state index in [0.717, 1.165) is 31.1 Å². The number of benzene rings is 1. The molecule has 1 aromatic carbocycles. The third-order valence-corrected chi connectivity index (χ3v) is 3.37. The summed E-state index contributed by atoms with van der Waals surface area (Å²) in [6.45, 7) is 1.66. The van der Waals surface area contributed by atoms with Crippen molar-refractivity contribution in [2.75, 3.05) is 13.2 Å². The van der Waals surface area contributed by atoms with Crippen LogP contribution in [0.2, 0.25) is 5.02 Å². The lowest BCUT2D eigenvalue weighted by Crippen LogP contribution is -2.42. The number of hydrogen-bond donors (Lipinski definition) is 2. The molecule has 1 aliphatic heterocycles. The lowest BCUT2D eigenvalue weighted by Gasteiger charge is -2.21. The first-order valence-corrected chi connectivity index (χ1v) is 5.95. The average Bonchev–Trinajstić information content (AvgIpc) is 2.82. The first-order chi connectivity index (χ1) is 7.79. The lowest BCUT2D eigenvalue weighted by atomic mass is 9.93. The first-order valence-electron chi connectivity index (χ1n) is 5.58. The van der Waals surface area contributed by atoms with Crippen LogP contribution in [0, 0.1) is 5.92 Å². The molecule has 1 aromatic rings. The Bertz CT molecular complexity index is 322. The van der Waals surface area contributed by atoms with E-state index < -0.39 is 0 Å². The number of hydrazine groups is 1. The van der Waals surface area contributed by atoms with Crippen molar-refractivity contribution < 1.29 is 4.74 Å². The van der Waals surface area contributed by atoms with Crippen molar-refractivity contribution in [3.63, 3.8) is 0 Å². The standard InChI is InChI=1S/C12H17ClN2O/c13-11-3-1-9(2-4-11)7-12(15-14)10-5-6-16-8-10/h1-4,10,12,15H,5-8,14H2. The van der Waals surface area contributed by atoms with E-state index >= 15 is 0 Å². The van der Waals surface area contributed by atoms with E-state index in [1.807, 2.05) is 24.3 Å². The van der Waals surface area contributed by atoms with E-state index in [-0.39, 0.29) is 6.04 Å². The minimum Gasteiger partial charge on any atom is -0.381 e. The zero-order valence-corrected chi connectivity index (χ0v) is 9.91. The van der Waals surface area contributed by atoms with Gasteiger partial charge >= 0.3 is 0 Å². The fourth-order valence-corrected chi connectivity index (χ4v) is 2.23. The number of halogens is 1. The molecule has 3 N–H and O–H groups in total. The summed E-state index contributed by atoms with van der Waals surface area (Å²) in [6.07, 6.45) is 2.00. The Morgan fingerprint density at radius 3 is 2.75 bits per heavy atom. The normalized spacial score (nSPS) is 22.2. The SMILES string of the molecule is NNC(Cc1ccc(Cl)cc1)C1CCOC1. The molecule has 0 radical (unpaired) electrons. The minimum atomic E-state index is 0.281. The Morgan fingerprint density at radius 2 is 2.19 bits per heavy atom. The summed E-state index contributed by atoms with van der Waals surface area (Å²) in [7, 11) is 0. The number of nitrogens with one attached hydrogen (secondary N) is 1. The average molecular weight is 241 g/mol. The van der Waals surface area contributed by atoms with Crippen LogP contribution in [-0.4, -0.2) is 19.3 Å². The largest absolute Gasteiger partial charge is 0.381 e. The second-order valence-electron chi connectivity index (χ2n) is 4.23. The molecule has 1 fully saturated rings. The summed E-state index contributed by atoms with van der Waals surface area (Å²) < 4.78 is 5.38. The van der Waals surface area contributed by atoms with Crippen LogP contribution < -0.4 is 11.3 Å². The highest BCUT2D eigenvalue weighted by Crippen LogP contribution is 2.20.